The molecule has 0 aromatic carbocycles. The minimum atomic E-state index is -1.63. The predicted molar refractivity (Wildman–Crippen MR) is 30.8 cm³/mol. The summed E-state index contributed by atoms with van der Waals surface area (Å²) in [6, 6.07) is 0. The monoisotopic (exact) mass is 148 g/mol. The van der Waals surface area contributed by atoms with Gasteiger partial charge >= 0.3 is 11.9 Å². The van der Waals surface area contributed by atoms with Crippen LogP contribution in [0.3, 0.4) is 0 Å². The van der Waals surface area contributed by atoms with Crippen LogP contribution < -0.4 is 11.2 Å². The van der Waals surface area contributed by atoms with Gasteiger partial charge in [0.2, 0.25) is 0 Å². The molecule has 0 fully saturated rings. The van der Waals surface area contributed by atoms with E-state index in [1.165, 1.54) is 0 Å². The van der Waals surface area contributed by atoms with E-state index in [4.69, 9.17) is 10.8 Å². The molecule has 0 bridgehead atoms. The number of hydroxylamine groups is 1. The van der Waals surface area contributed by atoms with Crippen LogP contribution in [-0.2, 0) is 14.4 Å². The van der Waals surface area contributed by atoms with Crippen molar-refractivity contribution in [1.29, 1.82) is 0 Å². The summed E-state index contributed by atoms with van der Waals surface area (Å²) in [6.07, 6.45) is 0. The van der Waals surface area contributed by atoms with Crippen molar-refractivity contribution in [3.8, 4) is 0 Å². The third-order valence-corrected chi connectivity index (χ3v) is 0.586. The van der Waals surface area contributed by atoms with Gasteiger partial charge in [-0.2, -0.15) is 5.48 Å². The number of carbonyl (C=O) groups excluding carboxylic acids is 1. The zero-order chi connectivity index (χ0) is 7.98. The quantitative estimate of drug-likeness (QED) is 0.245. The van der Waals surface area contributed by atoms with Crippen LogP contribution >= 0.6 is 0 Å². The number of aliphatic carboxylic acids is 1. The summed E-state index contributed by atoms with van der Waals surface area (Å²) in [5.74, 6) is -2.97. The number of nitrogens with two attached hydrogens (primary N) is 1. The van der Waals surface area contributed by atoms with E-state index in [0.29, 0.717) is 0 Å². The summed E-state index contributed by atoms with van der Waals surface area (Å²) in [5.41, 5.74) is 7.05. The normalized spacial score (nSPS) is 8.90. The summed E-state index contributed by atoms with van der Waals surface area (Å²) >= 11 is 0. The van der Waals surface area contributed by atoms with Crippen LogP contribution in [0.2, 0.25) is 0 Å². The Morgan fingerprint density at radius 2 is 2.20 bits per heavy atom. The van der Waals surface area contributed by atoms with E-state index in [2.05, 4.69) is 10.3 Å². The highest BCUT2D eigenvalue weighted by Crippen LogP contribution is 1.70. The number of nitrogens with one attached hydrogen (secondary N) is 1. The maximum absolute atomic E-state index is 10.1. The van der Waals surface area contributed by atoms with Crippen molar-refractivity contribution in [2.24, 2.45) is 5.73 Å². The zero-order valence-electron chi connectivity index (χ0n) is 5.16. The molecule has 0 aromatic heterocycles. The Hall–Kier alpha value is -1.14. The van der Waals surface area contributed by atoms with Crippen molar-refractivity contribution in [3.63, 3.8) is 0 Å². The summed E-state index contributed by atoms with van der Waals surface area (Å²) in [5, 5.41) is 7.94. The molecule has 0 radical (unpaired) electrons. The van der Waals surface area contributed by atoms with Crippen LogP contribution in [-0.4, -0.2) is 30.1 Å². The van der Waals surface area contributed by atoms with Gasteiger partial charge in [-0.3, -0.25) is 0 Å². The van der Waals surface area contributed by atoms with Gasteiger partial charge in [-0.15, -0.1) is 0 Å². The average molecular weight is 148 g/mol. The molecule has 0 amide bonds. The van der Waals surface area contributed by atoms with E-state index in [1.807, 2.05) is 0 Å². The molecule has 0 rings (SSSR count). The second-order valence-corrected chi connectivity index (χ2v) is 1.38. The van der Waals surface area contributed by atoms with Gasteiger partial charge < -0.3 is 15.7 Å². The van der Waals surface area contributed by atoms with Crippen molar-refractivity contribution in [2.45, 2.75) is 0 Å². The number of carboxylic acid groups (broad SMARTS) is 1. The highest BCUT2D eigenvalue weighted by molar-refractivity contribution is 6.28. The third-order valence-electron chi connectivity index (χ3n) is 0.586. The molecule has 0 saturated carbocycles. The molecule has 0 aromatic rings. The molecule has 0 heterocycles. The summed E-state index contributed by atoms with van der Waals surface area (Å²) in [4.78, 5) is 23.8. The molecule has 4 N–H and O–H groups in total. The standard InChI is InChI=1S/C4H8N2O4/c5-1-2-6-10-4(9)3(7)8/h6H,1-2,5H2,(H,7,8). The van der Waals surface area contributed by atoms with Gasteiger partial charge in [-0.25, -0.2) is 9.59 Å². The Morgan fingerprint density at radius 3 is 2.60 bits per heavy atom. The van der Waals surface area contributed by atoms with Crippen molar-refractivity contribution >= 4 is 11.9 Å². The van der Waals surface area contributed by atoms with Crippen LogP contribution in [0.5, 0.6) is 0 Å². The lowest BCUT2D eigenvalue weighted by Gasteiger charge is -1.98. The van der Waals surface area contributed by atoms with E-state index in [-0.39, 0.29) is 13.1 Å². The van der Waals surface area contributed by atoms with Gasteiger partial charge in [0.05, 0.1) is 0 Å². The maximum atomic E-state index is 10.1. The number of carboxylic acids is 1. The smallest absolute Gasteiger partial charge is 0.435 e. The fraction of sp³-hybridized carbons (Fsp3) is 0.500. The lowest BCUT2D eigenvalue weighted by atomic mass is 10.7. The van der Waals surface area contributed by atoms with Crippen LogP contribution in [0.4, 0.5) is 0 Å². The summed E-state index contributed by atoms with van der Waals surface area (Å²) in [6.45, 7) is 0.506. The first kappa shape index (κ1) is 8.86. The van der Waals surface area contributed by atoms with E-state index in [0.717, 1.165) is 0 Å². The zero-order valence-corrected chi connectivity index (χ0v) is 5.16. The molecule has 6 nitrogen and oxygen atoms in total. The van der Waals surface area contributed by atoms with E-state index < -0.39 is 11.9 Å². The first-order valence-electron chi connectivity index (χ1n) is 2.55. The molecular weight excluding hydrogens is 140 g/mol. The fourth-order valence-corrected chi connectivity index (χ4v) is 0.219. The van der Waals surface area contributed by atoms with Crippen molar-refractivity contribution < 1.29 is 19.5 Å². The summed E-state index contributed by atoms with van der Waals surface area (Å²) < 4.78 is 0. The molecule has 0 unspecified atom stereocenters. The van der Waals surface area contributed by atoms with Crippen LogP contribution in [0, 0.1) is 0 Å². The molecule has 0 aliphatic heterocycles. The van der Waals surface area contributed by atoms with Gasteiger partial charge in [0.1, 0.15) is 0 Å². The number of hydrogen-bond donors (Lipinski definition) is 3. The molecule has 0 aliphatic carbocycles. The first-order chi connectivity index (χ1) is 4.68. The topological polar surface area (TPSA) is 102 Å². The Balaban J connectivity index is 3.31. The lowest BCUT2D eigenvalue weighted by molar-refractivity contribution is -0.168. The lowest BCUT2D eigenvalue weighted by Crippen LogP contribution is -2.29. The number of carbonyl (C=O) groups is 2. The first-order valence-corrected chi connectivity index (χ1v) is 2.55. The van der Waals surface area contributed by atoms with Crippen molar-refractivity contribution in [3.05, 3.63) is 0 Å². The second-order valence-electron chi connectivity index (χ2n) is 1.38. The SMILES string of the molecule is NCCNOC(=O)C(=O)O. The number of rotatable bonds is 3. The molecule has 0 spiro atoms. The molecule has 0 saturated heterocycles. The van der Waals surface area contributed by atoms with Gasteiger partial charge in [-0.05, 0) is 0 Å². The molecule has 0 aliphatic rings. The van der Waals surface area contributed by atoms with Gasteiger partial charge in [0.15, 0.2) is 0 Å². The highest BCUT2D eigenvalue weighted by Gasteiger charge is 2.11. The Bertz CT molecular complexity index is 135. The summed E-state index contributed by atoms with van der Waals surface area (Å²) in [7, 11) is 0. The third kappa shape index (κ3) is 3.81. The average Bonchev–Trinajstić information content (AvgIpc) is 1.88. The molecule has 58 valence electrons. The molecule has 0 atom stereocenters. The van der Waals surface area contributed by atoms with Gasteiger partial charge in [-0.1, -0.05) is 0 Å². The Morgan fingerprint density at radius 1 is 1.60 bits per heavy atom. The number of hydrogen-bond acceptors (Lipinski definition) is 5. The maximum Gasteiger partial charge on any atom is 0.435 e. The van der Waals surface area contributed by atoms with E-state index >= 15 is 0 Å². The van der Waals surface area contributed by atoms with Gasteiger partial charge in [0.25, 0.3) is 0 Å². The largest absolute Gasteiger partial charge is 0.473 e. The minimum Gasteiger partial charge on any atom is -0.473 e. The van der Waals surface area contributed by atoms with Gasteiger partial charge in [0, 0.05) is 13.1 Å². The van der Waals surface area contributed by atoms with Crippen LogP contribution in [0.1, 0.15) is 0 Å². The van der Waals surface area contributed by atoms with Crippen molar-refractivity contribution in [1.82, 2.24) is 5.48 Å². The highest BCUT2D eigenvalue weighted by atomic mass is 16.7. The van der Waals surface area contributed by atoms with E-state index in [9.17, 15) is 9.59 Å². The van der Waals surface area contributed by atoms with Crippen LogP contribution in [0.15, 0.2) is 0 Å². The predicted octanol–water partition coefficient (Wildman–Crippen LogP) is -1.92. The minimum absolute atomic E-state index is 0.235. The van der Waals surface area contributed by atoms with E-state index in [1.54, 1.807) is 0 Å². The molecular formula is C4H8N2O4. The second kappa shape index (κ2) is 4.71. The van der Waals surface area contributed by atoms with Crippen LogP contribution in [0.25, 0.3) is 0 Å². The van der Waals surface area contributed by atoms with Crippen molar-refractivity contribution in [2.75, 3.05) is 13.1 Å². The Kier molecular flexibility index (Phi) is 4.17. The fourth-order valence-electron chi connectivity index (χ4n) is 0.219. The Labute approximate surface area is 56.9 Å². The molecule has 6 heteroatoms. The molecule has 10 heavy (non-hydrogen) atoms.